The summed E-state index contributed by atoms with van der Waals surface area (Å²) in [7, 11) is 1.86. The molecule has 1 heterocycles. The minimum Gasteiger partial charge on any atom is -0.368 e. The molecular formula is C10H12FN5S. The van der Waals surface area contributed by atoms with Gasteiger partial charge in [-0.05, 0) is 18.2 Å². The molecular weight excluding hydrogens is 241 g/mol. The first-order valence-electron chi connectivity index (χ1n) is 4.95. The van der Waals surface area contributed by atoms with Crippen LogP contribution in [0.4, 0.5) is 15.1 Å². The number of hydrogen-bond acceptors (Lipinski definition) is 6. The molecule has 0 spiro atoms. The average Bonchev–Trinajstić information content (AvgIpc) is 2.76. The van der Waals surface area contributed by atoms with Crippen molar-refractivity contribution in [2.75, 3.05) is 17.4 Å². The van der Waals surface area contributed by atoms with Crippen molar-refractivity contribution in [2.24, 2.45) is 5.84 Å². The maximum absolute atomic E-state index is 13.1. The lowest BCUT2D eigenvalue weighted by Crippen LogP contribution is -2.18. The Balaban J connectivity index is 2.14. The Hall–Kier alpha value is -1.73. The summed E-state index contributed by atoms with van der Waals surface area (Å²) in [6.07, 6.45) is 0. The standard InChI is InChI=1S/C10H12FN5S/c1-16(8-4-2-3-7(11)5-8)6-9-10(13-12)17-15-14-9/h2-5,13H,6,12H2,1H3. The summed E-state index contributed by atoms with van der Waals surface area (Å²) in [5.41, 5.74) is 4.06. The van der Waals surface area contributed by atoms with E-state index in [4.69, 9.17) is 5.84 Å². The quantitative estimate of drug-likeness (QED) is 0.640. The van der Waals surface area contributed by atoms with Crippen molar-refractivity contribution in [2.45, 2.75) is 6.54 Å². The molecule has 0 aliphatic heterocycles. The van der Waals surface area contributed by atoms with E-state index in [1.165, 1.54) is 23.7 Å². The summed E-state index contributed by atoms with van der Waals surface area (Å²) in [6, 6.07) is 6.38. The molecule has 0 aliphatic carbocycles. The number of benzene rings is 1. The van der Waals surface area contributed by atoms with Crippen LogP contribution >= 0.6 is 11.5 Å². The van der Waals surface area contributed by atoms with Crippen LogP contribution in [0.3, 0.4) is 0 Å². The summed E-state index contributed by atoms with van der Waals surface area (Å²) >= 11 is 1.19. The van der Waals surface area contributed by atoms with Crippen LogP contribution in [0, 0.1) is 5.82 Å². The molecule has 0 atom stereocenters. The first kappa shape index (κ1) is 11.7. The highest BCUT2D eigenvalue weighted by Crippen LogP contribution is 2.21. The fourth-order valence-electron chi connectivity index (χ4n) is 1.45. The molecule has 3 N–H and O–H groups in total. The van der Waals surface area contributed by atoms with E-state index in [1.807, 2.05) is 18.0 Å². The van der Waals surface area contributed by atoms with Crippen LogP contribution < -0.4 is 16.2 Å². The van der Waals surface area contributed by atoms with Gasteiger partial charge in [0.1, 0.15) is 16.5 Å². The molecule has 0 radical (unpaired) electrons. The normalized spacial score (nSPS) is 10.3. The molecule has 0 saturated heterocycles. The van der Waals surface area contributed by atoms with Gasteiger partial charge in [-0.25, -0.2) is 10.2 Å². The summed E-state index contributed by atoms with van der Waals surface area (Å²) in [5, 5.41) is 4.68. The molecule has 1 aromatic heterocycles. The maximum atomic E-state index is 13.1. The predicted molar refractivity (Wildman–Crippen MR) is 66.2 cm³/mol. The number of hydrogen-bond donors (Lipinski definition) is 2. The van der Waals surface area contributed by atoms with Crippen LogP contribution in [0.1, 0.15) is 5.69 Å². The van der Waals surface area contributed by atoms with E-state index in [-0.39, 0.29) is 5.82 Å². The highest BCUT2D eigenvalue weighted by molar-refractivity contribution is 7.10. The van der Waals surface area contributed by atoms with Crippen molar-refractivity contribution in [1.29, 1.82) is 0 Å². The summed E-state index contributed by atoms with van der Waals surface area (Å²) in [6.45, 7) is 0.513. The topological polar surface area (TPSA) is 67.1 Å². The van der Waals surface area contributed by atoms with Crippen molar-refractivity contribution >= 4 is 22.2 Å². The van der Waals surface area contributed by atoms with Gasteiger partial charge in [0, 0.05) is 24.3 Å². The number of nitrogens with zero attached hydrogens (tertiary/aromatic N) is 3. The zero-order chi connectivity index (χ0) is 12.3. The minimum atomic E-state index is -0.261. The second-order valence-electron chi connectivity index (χ2n) is 3.53. The zero-order valence-corrected chi connectivity index (χ0v) is 10.0. The molecule has 5 nitrogen and oxygen atoms in total. The highest BCUT2D eigenvalue weighted by Gasteiger charge is 2.10. The number of nitrogens with two attached hydrogens (primary N) is 1. The van der Waals surface area contributed by atoms with Crippen molar-refractivity contribution in [3.05, 3.63) is 35.8 Å². The third-order valence-corrected chi connectivity index (χ3v) is 3.02. The largest absolute Gasteiger partial charge is 0.368 e. The van der Waals surface area contributed by atoms with Gasteiger partial charge in [-0.15, -0.1) is 5.10 Å². The van der Waals surface area contributed by atoms with Crippen LogP contribution in [0.2, 0.25) is 0 Å². The van der Waals surface area contributed by atoms with E-state index >= 15 is 0 Å². The molecule has 0 bridgehead atoms. The van der Waals surface area contributed by atoms with Crippen molar-refractivity contribution in [1.82, 2.24) is 9.59 Å². The van der Waals surface area contributed by atoms with E-state index < -0.39 is 0 Å². The van der Waals surface area contributed by atoms with E-state index in [0.717, 1.165) is 11.4 Å². The van der Waals surface area contributed by atoms with Crippen molar-refractivity contribution in [3.63, 3.8) is 0 Å². The van der Waals surface area contributed by atoms with Gasteiger partial charge in [-0.3, -0.25) is 0 Å². The monoisotopic (exact) mass is 253 g/mol. The van der Waals surface area contributed by atoms with Crippen molar-refractivity contribution in [3.8, 4) is 0 Å². The van der Waals surface area contributed by atoms with Crippen LogP contribution in [-0.4, -0.2) is 16.6 Å². The van der Waals surface area contributed by atoms with Gasteiger partial charge in [0.2, 0.25) is 0 Å². The maximum Gasteiger partial charge on any atom is 0.149 e. The van der Waals surface area contributed by atoms with Crippen LogP contribution in [0.5, 0.6) is 0 Å². The number of halogens is 1. The first-order valence-corrected chi connectivity index (χ1v) is 5.72. The Morgan fingerprint density at radius 1 is 1.53 bits per heavy atom. The zero-order valence-electron chi connectivity index (χ0n) is 9.22. The van der Waals surface area contributed by atoms with Gasteiger partial charge >= 0.3 is 0 Å². The molecule has 0 amide bonds. The second-order valence-corrected chi connectivity index (χ2v) is 4.28. The van der Waals surface area contributed by atoms with Gasteiger partial charge in [0.15, 0.2) is 0 Å². The lowest BCUT2D eigenvalue weighted by atomic mass is 10.3. The lowest BCUT2D eigenvalue weighted by Gasteiger charge is -2.18. The Kier molecular flexibility index (Phi) is 3.50. The van der Waals surface area contributed by atoms with Crippen LogP contribution in [0.15, 0.2) is 24.3 Å². The number of nitrogen functional groups attached to an aromatic ring is 1. The van der Waals surface area contributed by atoms with E-state index in [1.54, 1.807) is 6.07 Å². The number of nitrogens with one attached hydrogen (secondary N) is 1. The summed E-state index contributed by atoms with van der Waals surface area (Å²) in [4.78, 5) is 1.88. The molecule has 2 rings (SSSR count). The highest BCUT2D eigenvalue weighted by atomic mass is 32.1. The molecule has 0 aliphatic rings. The summed E-state index contributed by atoms with van der Waals surface area (Å²) < 4.78 is 16.9. The Labute approximate surface area is 102 Å². The number of hydrazine groups is 1. The molecule has 0 unspecified atom stereocenters. The van der Waals surface area contributed by atoms with Gasteiger partial charge < -0.3 is 10.3 Å². The van der Waals surface area contributed by atoms with Gasteiger partial charge in [0.05, 0.1) is 6.54 Å². The smallest absolute Gasteiger partial charge is 0.149 e. The van der Waals surface area contributed by atoms with Crippen LogP contribution in [-0.2, 0) is 6.54 Å². The van der Waals surface area contributed by atoms with E-state index in [9.17, 15) is 4.39 Å². The Bertz CT molecular complexity index is 501. The number of aromatic nitrogens is 2. The van der Waals surface area contributed by atoms with E-state index in [0.29, 0.717) is 11.5 Å². The third kappa shape index (κ3) is 2.69. The molecule has 0 fully saturated rings. The van der Waals surface area contributed by atoms with Crippen LogP contribution in [0.25, 0.3) is 0 Å². The van der Waals surface area contributed by atoms with Gasteiger partial charge in [-0.1, -0.05) is 10.6 Å². The van der Waals surface area contributed by atoms with Crippen molar-refractivity contribution < 1.29 is 4.39 Å². The molecule has 2 aromatic rings. The first-order chi connectivity index (χ1) is 8.20. The SMILES string of the molecule is CN(Cc1nnsc1NN)c1cccc(F)c1. The second kappa shape index (κ2) is 5.07. The molecule has 0 saturated carbocycles. The number of rotatable bonds is 4. The van der Waals surface area contributed by atoms with Gasteiger partial charge in [-0.2, -0.15) is 0 Å². The summed E-state index contributed by atoms with van der Waals surface area (Å²) in [5.74, 6) is 5.07. The number of anilines is 2. The third-order valence-electron chi connectivity index (χ3n) is 2.32. The predicted octanol–water partition coefficient (Wildman–Crippen LogP) is 1.60. The fraction of sp³-hybridized carbons (Fsp3) is 0.200. The Morgan fingerprint density at radius 2 is 2.35 bits per heavy atom. The Morgan fingerprint density at radius 3 is 3.06 bits per heavy atom. The molecule has 90 valence electrons. The lowest BCUT2D eigenvalue weighted by molar-refractivity contribution is 0.627. The van der Waals surface area contributed by atoms with E-state index in [2.05, 4.69) is 15.0 Å². The molecule has 17 heavy (non-hydrogen) atoms. The average molecular weight is 253 g/mol. The molecule has 7 heteroatoms. The molecule has 1 aromatic carbocycles. The fourth-order valence-corrected chi connectivity index (χ4v) is 1.94. The minimum absolute atomic E-state index is 0.261. The van der Waals surface area contributed by atoms with Gasteiger partial charge in [0.25, 0.3) is 0 Å².